The van der Waals surface area contributed by atoms with Crippen LogP contribution in [0.1, 0.15) is 32.4 Å². The highest BCUT2D eigenvalue weighted by molar-refractivity contribution is 5.49. The van der Waals surface area contributed by atoms with Crippen LogP contribution < -0.4 is 5.32 Å². The fraction of sp³-hybridized carbons (Fsp3) is 0.250. The summed E-state index contributed by atoms with van der Waals surface area (Å²) in [6.07, 6.45) is 3.35. The van der Waals surface area contributed by atoms with Gasteiger partial charge < -0.3 is 9.84 Å². The van der Waals surface area contributed by atoms with Gasteiger partial charge in [0.25, 0.3) is 0 Å². The van der Waals surface area contributed by atoms with Crippen LogP contribution in [-0.4, -0.2) is 25.4 Å². The van der Waals surface area contributed by atoms with Gasteiger partial charge in [-0.05, 0) is 34.7 Å². The Morgan fingerprint density at radius 2 is 1.96 bits per heavy atom. The molecule has 0 atom stereocenters. The van der Waals surface area contributed by atoms with Crippen LogP contribution in [0, 0.1) is 5.82 Å². The zero-order chi connectivity index (χ0) is 17.2. The lowest BCUT2D eigenvalue weighted by molar-refractivity contribution is 0.331. The van der Waals surface area contributed by atoms with Gasteiger partial charge in [-0.1, -0.05) is 25.9 Å². The molecule has 0 fully saturated rings. The number of anilines is 1. The first kappa shape index (κ1) is 15.9. The summed E-state index contributed by atoms with van der Waals surface area (Å²) in [7, 11) is 0. The van der Waals surface area contributed by atoms with E-state index in [-0.39, 0.29) is 11.2 Å². The fourth-order valence-electron chi connectivity index (χ4n) is 1.96. The summed E-state index contributed by atoms with van der Waals surface area (Å²) in [4.78, 5) is 0. The number of tetrazole rings is 1. The molecule has 124 valence electrons. The number of nitrogens with one attached hydrogen (secondary N) is 1. The van der Waals surface area contributed by atoms with Crippen LogP contribution in [0.25, 0.3) is 11.8 Å². The average molecular weight is 328 g/mol. The predicted octanol–water partition coefficient (Wildman–Crippen LogP) is 3.17. The van der Waals surface area contributed by atoms with E-state index in [0.717, 1.165) is 5.76 Å². The van der Waals surface area contributed by atoms with Crippen molar-refractivity contribution in [1.82, 2.24) is 25.4 Å². The van der Waals surface area contributed by atoms with E-state index < -0.39 is 0 Å². The molecule has 2 heterocycles. The summed E-state index contributed by atoms with van der Waals surface area (Å²) in [6, 6.07) is 7.75. The molecule has 0 aliphatic rings. The minimum absolute atomic E-state index is 0.108. The lowest BCUT2D eigenvalue weighted by Gasteiger charge is -2.11. The summed E-state index contributed by atoms with van der Waals surface area (Å²) in [5.41, 5.74) is 0.557. The largest absolute Gasteiger partial charge is 0.359 e. The molecule has 2 aromatic heterocycles. The van der Waals surface area contributed by atoms with E-state index in [0.29, 0.717) is 17.3 Å². The second-order valence-electron chi connectivity index (χ2n) is 6.23. The molecule has 0 bridgehead atoms. The fourth-order valence-corrected chi connectivity index (χ4v) is 1.96. The average Bonchev–Trinajstić information content (AvgIpc) is 3.17. The second kappa shape index (κ2) is 6.23. The van der Waals surface area contributed by atoms with Crippen molar-refractivity contribution < 1.29 is 8.91 Å². The van der Waals surface area contributed by atoms with Crippen molar-refractivity contribution >= 4 is 11.9 Å². The van der Waals surface area contributed by atoms with E-state index in [1.165, 1.54) is 16.8 Å². The number of aromatic nitrogens is 5. The van der Waals surface area contributed by atoms with Crippen LogP contribution >= 0.6 is 0 Å². The molecule has 8 heteroatoms. The van der Waals surface area contributed by atoms with Crippen molar-refractivity contribution in [1.29, 1.82) is 0 Å². The highest BCUT2D eigenvalue weighted by Crippen LogP contribution is 2.24. The van der Waals surface area contributed by atoms with Crippen molar-refractivity contribution in [2.24, 2.45) is 0 Å². The van der Waals surface area contributed by atoms with Crippen LogP contribution in [0.4, 0.5) is 10.2 Å². The van der Waals surface area contributed by atoms with Gasteiger partial charge in [0, 0.05) is 23.8 Å². The molecular formula is C16H17FN6O. The normalized spacial score (nSPS) is 12.0. The number of nitrogens with zero attached hydrogens (tertiary/aromatic N) is 5. The number of halogens is 1. The van der Waals surface area contributed by atoms with Crippen LogP contribution in [0.3, 0.4) is 0 Å². The SMILES string of the molecule is CC(C)(C)c1cc(NC=Cc2nnnn2-c2ccc(F)cc2)no1. The predicted molar refractivity (Wildman–Crippen MR) is 87.0 cm³/mol. The third-order valence-electron chi connectivity index (χ3n) is 3.28. The maximum absolute atomic E-state index is 13.0. The molecular weight excluding hydrogens is 311 g/mol. The monoisotopic (exact) mass is 328 g/mol. The Labute approximate surface area is 138 Å². The van der Waals surface area contributed by atoms with Crippen LogP contribution in [-0.2, 0) is 5.41 Å². The second-order valence-corrected chi connectivity index (χ2v) is 6.23. The molecule has 0 saturated carbocycles. The third kappa shape index (κ3) is 3.48. The summed E-state index contributed by atoms with van der Waals surface area (Å²) >= 11 is 0. The minimum atomic E-state index is -0.314. The van der Waals surface area contributed by atoms with Gasteiger partial charge in [0.05, 0.1) is 5.69 Å². The lowest BCUT2D eigenvalue weighted by Crippen LogP contribution is -2.09. The van der Waals surface area contributed by atoms with Crippen molar-refractivity contribution in [3.05, 3.63) is 53.9 Å². The van der Waals surface area contributed by atoms with Crippen molar-refractivity contribution in [3.8, 4) is 5.69 Å². The van der Waals surface area contributed by atoms with Crippen LogP contribution in [0.2, 0.25) is 0 Å². The van der Waals surface area contributed by atoms with E-state index in [9.17, 15) is 4.39 Å². The molecule has 0 aliphatic heterocycles. The molecule has 0 amide bonds. The molecule has 0 unspecified atom stereocenters. The molecule has 3 rings (SSSR count). The summed E-state index contributed by atoms with van der Waals surface area (Å²) < 4.78 is 19.8. The number of hydrogen-bond acceptors (Lipinski definition) is 6. The Morgan fingerprint density at radius 3 is 2.62 bits per heavy atom. The highest BCUT2D eigenvalue weighted by Gasteiger charge is 2.19. The van der Waals surface area contributed by atoms with E-state index >= 15 is 0 Å². The number of rotatable bonds is 4. The Hall–Kier alpha value is -3.03. The zero-order valence-electron chi connectivity index (χ0n) is 13.6. The zero-order valence-corrected chi connectivity index (χ0v) is 13.6. The Balaban J connectivity index is 1.73. The first-order chi connectivity index (χ1) is 11.4. The molecule has 7 nitrogen and oxygen atoms in total. The van der Waals surface area contributed by atoms with Gasteiger partial charge in [0.1, 0.15) is 11.6 Å². The van der Waals surface area contributed by atoms with E-state index in [1.807, 2.05) is 26.8 Å². The van der Waals surface area contributed by atoms with E-state index in [4.69, 9.17) is 4.52 Å². The quantitative estimate of drug-likeness (QED) is 0.792. The van der Waals surface area contributed by atoms with Gasteiger partial charge in [-0.25, -0.2) is 4.39 Å². The van der Waals surface area contributed by atoms with Crippen molar-refractivity contribution in [3.63, 3.8) is 0 Å². The van der Waals surface area contributed by atoms with Crippen LogP contribution in [0.15, 0.2) is 41.1 Å². The van der Waals surface area contributed by atoms with Gasteiger partial charge in [-0.3, -0.25) is 0 Å². The van der Waals surface area contributed by atoms with Crippen LogP contribution in [0.5, 0.6) is 0 Å². The first-order valence-corrected chi connectivity index (χ1v) is 7.38. The molecule has 0 aliphatic carbocycles. The van der Waals surface area contributed by atoms with Crippen molar-refractivity contribution in [2.45, 2.75) is 26.2 Å². The molecule has 24 heavy (non-hydrogen) atoms. The van der Waals surface area contributed by atoms with Crippen molar-refractivity contribution in [2.75, 3.05) is 5.32 Å². The lowest BCUT2D eigenvalue weighted by atomic mass is 9.93. The van der Waals surface area contributed by atoms with Gasteiger partial charge in [0.15, 0.2) is 11.6 Å². The van der Waals surface area contributed by atoms with Gasteiger partial charge in [-0.15, -0.1) is 5.10 Å². The highest BCUT2D eigenvalue weighted by atomic mass is 19.1. The Bertz CT molecular complexity index is 844. The molecule has 0 saturated heterocycles. The van der Waals surface area contributed by atoms with Gasteiger partial charge in [0.2, 0.25) is 0 Å². The maximum Gasteiger partial charge on any atom is 0.181 e. The molecule has 0 spiro atoms. The minimum Gasteiger partial charge on any atom is -0.359 e. The smallest absolute Gasteiger partial charge is 0.181 e. The summed E-state index contributed by atoms with van der Waals surface area (Å²) in [5.74, 6) is 1.56. The standard InChI is InChI=1S/C16H17FN6O/c1-16(2,3)13-10-14(20-24-13)18-9-8-15-19-21-22-23(15)12-6-4-11(17)5-7-12/h4-10H,1-3H3,(H,18,20). The van der Waals surface area contributed by atoms with Gasteiger partial charge in [-0.2, -0.15) is 4.68 Å². The Kier molecular flexibility index (Phi) is 4.11. The molecule has 0 radical (unpaired) electrons. The molecule has 1 aromatic carbocycles. The topological polar surface area (TPSA) is 81.7 Å². The Morgan fingerprint density at radius 1 is 1.21 bits per heavy atom. The summed E-state index contributed by atoms with van der Waals surface area (Å²) in [6.45, 7) is 6.14. The van der Waals surface area contributed by atoms with E-state index in [1.54, 1.807) is 24.4 Å². The van der Waals surface area contributed by atoms with Gasteiger partial charge >= 0.3 is 0 Å². The number of benzene rings is 1. The molecule has 1 N–H and O–H groups in total. The third-order valence-corrected chi connectivity index (χ3v) is 3.28. The summed E-state index contributed by atoms with van der Waals surface area (Å²) in [5, 5.41) is 18.4. The maximum atomic E-state index is 13.0. The molecule has 3 aromatic rings. The number of hydrogen-bond donors (Lipinski definition) is 1. The van der Waals surface area contributed by atoms with E-state index in [2.05, 4.69) is 26.0 Å². The first-order valence-electron chi connectivity index (χ1n) is 7.38.